The first-order chi connectivity index (χ1) is 9.49. The quantitative estimate of drug-likeness (QED) is 0.755. The zero-order valence-electron chi connectivity index (χ0n) is 11.4. The molecule has 0 unspecified atom stereocenters. The molecular weight excluding hydrogens is 305 g/mol. The van der Waals surface area contributed by atoms with Gasteiger partial charge < -0.3 is 17.7 Å². The van der Waals surface area contributed by atoms with Crippen molar-refractivity contribution in [2.45, 2.75) is 6.61 Å². The van der Waals surface area contributed by atoms with E-state index in [0.29, 0.717) is 11.3 Å². The largest absolute Gasteiger partial charge is 1.00 e. The maximum absolute atomic E-state index is 12.4. The van der Waals surface area contributed by atoms with E-state index in [4.69, 9.17) is 10.00 Å². The van der Waals surface area contributed by atoms with Crippen molar-refractivity contribution in [3.05, 3.63) is 59.7 Å². The summed E-state index contributed by atoms with van der Waals surface area (Å²) in [5.74, 6) is 0.358. The molecule has 0 radical (unpaired) electrons. The first kappa shape index (κ1) is 18.3. The average Bonchev–Trinajstić information content (AvgIpc) is 2.45. The Bertz CT molecular complexity index is 638. The second-order valence-corrected chi connectivity index (χ2v) is 4.24. The predicted octanol–water partition coefficient (Wildman–Crippen LogP) is 0.196. The van der Waals surface area contributed by atoms with E-state index in [9.17, 15) is 12.9 Å². The van der Waals surface area contributed by atoms with Crippen LogP contribution in [0.3, 0.4) is 0 Å². The minimum Gasteiger partial charge on any atom is -0.489 e. The second-order valence-electron chi connectivity index (χ2n) is 4.24. The minimum atomic E-state index is -4.98. The maximum atomic E-state index is 12.4. The van der Waals surface area contributed by atoms with Crippen molar-refractivity contribution >= 4 is 12.4 Å². The van der Waals surface area contributed by atoms with Gasteiger partial charge >= 0.3 is 58.4 Å². The predicted molar refractivity (Wildman–Crippen MR) is 70.6 cm³/mol. The normalized spacial score (nSPS) is 10.4. The minimum absolute atomic E-state index is 0. The molecule has 2 aromatic carbocycles. The first-order valence-corrected chi connectivity index (χ1v) is 5.91. The fourth-order valence-corrected chi connectivity index (χ4v) is 1.68. The first-order valence-electron chi connectivity index (χ1n) is 5.91. The van der Waals surface area contributed by atoms with Gasteiger partial charge in [0.15, 0.2) is 0 Å². The summed E-state index contributed by atoms with van der Waals surface area (Å²) in [7, 11) is 0. The molecule has 0 aliphatic rings. The van der Waals surface area contributed by atoms with E-state index in [1.165, 1.54) is 12.1 Å². The van der Waals surface area contributed by atoms with Crippen LogP contribution in [0.1, 0.15) is 11.1 Å². The van der Waals surface area contributed by atoms with E-state index in [2.05, 4.69) is 0 Å². The topological polar surface area (TPSA) is 33.0 Å². The van der Waals surface area contributed by atoms with E-state index in [-0.39, 0.29) is 58.0 Å². The molecule has 0 spiro atoms. The number of hydrogen-bond donors (Lipinski definition) is 0. The van der Waals surface area contributed by atoms with Gasteiger partial charge in [0, 0.05) is 0 Å². The summed E-state index contributed by atoms with van der Waals surface area (Å²) >= 11 is 0. The Morgan fingerprint density at radius 2 is 1.71 bits per heavy atom. The SMILES string of the molecule is N#Cc1cccc(COc2ccc([B-](F)(F)F)cc2)c1.[K+]. The summed E-state index contributed by atoms with van der Waals surface area (Å²) in [4.78, 5) is 0. The standard InChI is InChI=1S/C14H10BF3NO.K/c16-15(17,18)13-4-6-14(7-5-13)20-10-12-3-1-2-11(8-12)9-19;/h1-8H,10H2;/q-1;+1. The number of benzene rings is 2. The molecule has 0 heterocycles. The molecule has 0 amide bonds. The third kappa shape index (κ3) is 5.49. The fraction of sp³-hybridized carbons (Fsp3) is 0.0714. The molecular formula is C14H10BF3KNO. The Labute approximate surface area is 163 Å². The maximum Gasteiger partial charge on any atom is 1.00 e. The molecule has 102 valence electrons. The molecule has 0 aliphatic heterocycles. The molecule has 2 nitrogen and oxygen atoms in total. The molecule has 0 aromatic heterocycles. The zero-order valence-corrected chi connectivity index (χ0v) is 14.5. The van der Waals surface area contributed by atoms with Gasteiger partial charge in [-0.15, -0.1) is 5.46 Å². The van der Waals surface area contributed by atoms with Crippen LogP contribution in [-0.4, -0.2) is 6.98 Å². The van der Waals surface area contributed by atoms with Gasteiger partial charge in [0.05, 0.1) is 11.6 Å². The summed E-state index contributed by atoms with van der Waals surface area (Å²) < 4.78 is 42.7. The molecule has 7 heteroatoms. The summed E-state index contributed by atoms with van der Waals surface area (Å²) in [5.41, 5.74) is 0.651. The van der Waals surface area contributed by atoms with Crippen LogP contribution in [0.4, 0.5) is 12.9 Å². The van der Waals surface area contributed by atoms with E-state index in [1.807, 2.05) is 6.07 Å². The van der Waals surface area contributed by atoms with E-state index in [1.54, 1.807) is 24.3 Å². The zero-order chi connectivity index (χ0) is 14.6. The average molecular weight is 315 g/mol. The van der Waals surface area contributed by atoms with E-state index >= 15 is 0 Å². The number of rotatable bonds is 4. The summed E-state index contributed by atoms with van der Waals surface area (Å²) in [5, 5.41) is 8.76. The van der Waals surface area contributed by atoms with Crippen molar-refractivity contribution in [2.24, 2.45) is 0 Å². The second kappa shape index (κ2) is 8.01. The third-order valence-corrected chi connectivity index (χ3v) is 2.72. The van der Waals surface area contributed by atoms with Gasteiger partial charge in [-0.3, -0.25) is 0 Å². The van der Waals surface area contributed by atoms with Crippen LogP contribution in [0, 0.1) is 11.3 Å². The molecule has 0 fully saturated rings. The van der Waals surface area contributed by atoms with Crippen molar-refractivity contribution in [1.82, 2.24) is 0 Å². The van der Waals surface area contributed by atoms with Crippen LogP contribution in [0.25, 0.3) is 0 Å². The van der Waals surface area contributed by atoms with Crippen LogP contribution in [0.5, 0.6) is 5.75 Å². The molecule has 2 rings (SSSR count). The Balaban J connectivity index is 0.00000220. The third-order valence-electron chi connectivity index (χ3n) is 2.72. The smallest absolute Gasteiger partial charge is 0.489 e. The summed E-state index contributed by atoms with van der Waals surface area (Å²) in [6.45, 7) is -4.78. The van der Waals surface area contributed by atoms with Crippen molar-refractivity contribution in [3.63, 3.8) is 0 Å². The summed E-state index contributed by atoms with van der Waals surface area (Å²) in [6, 6.07) is 13.5. The van der Waals surface area contributed by atoms with Crippen LogP contribution in [0.15, 0.2) is 48.5 Å². The van der Waals surface area contributed by atoms with Crippen molar-refractivity contribution in [1.29, 1.82) is 5.26 Å². The van der Waals surface area contributed by atoms with Gasteiger partial charge in [-0.25, -0.2) is 0 Å². The Morgan fingerprint density at radius 3 is 2.29 bits per heavy atom. The number of hydrogen-bond acceptors (Lipinski definition) is 2. The van der Waals surface area contributed by atoms with Crippen LogP contribution in [0.2, 0.25) is 0 Å². The van der Waals surface area contributed by atoms with Crippen molar-refractivity contribution < 1.29 is 69.1 Å². The van der Waals surface area contributed by atoms with Crippen LogP contribution in [-0.2, 0) is 6.61 Å². The van der Waals surface area contributed by atoms with Gasteiger partial charge in [0.2, 0.25) is 0 Å². The molecule has 0 N–H and O–H groups in total. The van der Waals surface area contributed by atoms with Gasteiger partial charge in [0.25, 0.3) is 0 Å². The molecule has 2 aromatic rings. The van der Waals surface area contributed by atoms with Crippen LogP contribution >= 0.6 is 0 Å². The Hall–Kier alpha value is -0.779. The van der Waals surface area contributed by atoms with Crippen LogP contribution < -0.4 is 61.6 Å². The van der Waals surface area contributed by atoms with Crippen molar-refractivity contribution in [2.75, 3.05) is 0 Å². The number of nitrogens with zero attached hydrogens (tertiary/aromatic N) is 1. The number of nitriles is 1. The van der Waals surface area contributed by atoms with Crippen molar-refractivity contribution in [3.8, 4) is 11.8 Å². The molecule has 0 aliphatic carbocycles. The molecule has 0 bridgehead atoms. The Morgan fingerprint density at radius 1 is 1.05 bits per heavy atom. The summed E-state index contributed by atoms with van der Waals surface area (Å²) in [6.07, 6.45) is 0. The molecule has 0 saturated carbocycles. The fourth-order valence-electron chi connectivity index (χ4n) is 1.68. The van der Waals surface area contributed by atoms with E-state index in [0.717, 1.165) is 17.7 Å². The molecule has 0 saturated heterocycles. The van der Waals surface area contributed by atoms with Gasteiger partial charge in [-0.2, -0.15) is 5.26 Å². The van der Waals surface area contributed by atoms with Gasteiger partial charge in [0.1, 0.15) is 12.4 Å². The molecule has 21 heavy (non-hydrogen) atoms. The van der Waals surface area contributed by atoms with Gasteiger partial charge in [-0.1, -0.05) is 24.3 Å². The Kier molecular flexibility index (Phi) is 6.97. The number of halogens is 3. The number of ether oxygens (including phenoxy) is 1. The molecule has 0 atom stereocenters. The monoisotopic (exact) mass is 315 g/mol. The van der Waals surface area contributed by atoms with Gasteiger partial charge in [-0.05, 0) is 29.8 Å². The van der Waals surface area contributed by atoms with E-state index < -0.39 is 12.4 Å².